The maximum absolute atomic E-state index is 4.80. The van der Waals surface area contributed by atoms with Gasteiger partial charge in [-0.2, -0.15) is 0 Å². The number of benzene rings is 12. The molecule has 0 spiro atoms. The van der Waals surface area contributed by atoms with Crippen LogP contribution in [0.25, 0.3) is 32.3 Å². The molecule has 438 valence electrons. The lowest BCUT2D eigenvalue weighted by molar-refractivity contribution is 0.199. The molecule has 0 aliphatic heterocycles. The third kappa shape index (κ3) is 20.3. The van der Waals surface area contributed by atoms with Crippen LogP contribution in [0.2, 0.25) is 18.1 Å². The van der Waals surface area contributed by atoms with Crippen LogP contribution in [0, 0.1) is 0 Å². The lowest BCUT2D eigenvalue weighted by Gasteiger charge is -2.10. The van der Waals surface area contributed by atoms with Crippen LogP contribution in [0.15, 0.2) is 353 Å². The normalized spacial score (nSPS) is 10.7. The second-order valence-electron chi connectivity index (χ2n) is 20.3. The summed E-state index contributed by atoms with van der Waals surface area (Å²) in [6, 6.07) is 115. The molecule has 12 aromatic carbocycles. The lowest BCUT2D eigenvalue weighted by Crippen LogP contribution is -2.13. The highest BCUT2D eigenvalue weighted by atomic mass is 32.2. The Labute approximate surface area is 533 Å². The van der Waals surface area contributed by atoms with Crippen molar-refractivity contribution in [1.82, 2.24) is 5.32 Å². The number of hydrogen-bond acceptors (Lipinski definition) is 2. The molecular formula is C78H88NOS3Si3+3. The zero-order valence-corrected chi connectivity index (χ0v) is 59.9. The van der Waals surface area contributed by atoms with Crippen molar-refractivity contribution < 1.29 is 4.74 Å². The molecule has 12 rings (SSSR count). The Balaban J connectivity index is 0.000000163. The maximum atomic E-state index is 4.80. The first-order chi connectivity index (χ1) is 42.5. The summed E-state index contributed by atoms with van der Waals surface area (Å²) >= 11 is 0. The van der Waals surface area contributed by atoms with E-state index in [9.17, 15) is 0 Å². The number of fused-ring (bicyclic) bond motifs is 3. The molecule has 0 atom stereocenters. The van der Waals surface area contributed by atoms with Crippen LogP contribution in [0.5, 0.6) is 0 Å². The van der Waals surface area contributed by atoms with Gasteiger partial charge in [0.2, 0.25) is 0 Å². The third-order valence-corrected chi connectivity index (χ3v) is 23.2. The molecular weight excluding hydrogens is 1150 g/mol. The van der Waals surface area contributed by atoms with E-state index < -0.39 is 0 Å². The lowest BCUT2D eigenvalue weighted by atomic mass is 10.1. The average Bonchev–Trinajstić information content (AvgIpc) is 3.28. The minimum absolute atomic E-state index is 0.0892. The van der Waals surface area contributed by atoms with E-state index in [1.54, 1.807) is 7.11 Å². The van der Waals surface area contributed by atoms with Crippen LogP contribution in [-0.4, -0.2) is 57.5 Å². The van der Waals surface area contributed by atoms with Crippen molar-refractivity contribution in [1.29, 1.82) is 0 Å². The van der Waals surface area contributed by atoms with Crippen LogP contribution >= 0.6 is 0 Å². The number of methoxy groups -OCH3 is 1. The summed E-state index contributed by atoms with van der Waals surface area (Å²) in [5, 5.41) is 11.2. The summed E-state index contributed by atoms with van der Waals surface area (Å²) < 4.78 is 4.80. The predicted molar refractivity (Wildman–Crippen MR) is 391 cm³/mol. The molecule has 0 saturated heterocycles. The van der Waals surface area contributed by atoms with Crippen molar-refractivity contribution in [2.75, 3.05) is 26.8 Å². The van der Waals surface area contributed by atoms with Gasteiger partial charge in [0, 0.05) is 60.6 Å². The Morgan fingerprint density at radius 1 is 0.302 bits per heavy atom. The molecule has 12 aromatic rings. The molecule has 0 heterocycles. The quantitative estimate of drug-likeness (QED) is 0.0557. The van der Waals surface area contributed by atoms with Crippen LogP contribution in [-0.2, 0) is 37.4 Å². The van der Waals surface area contributed by atoms with E-state index in [0.717, 1.165) is 13.2 Å². The zero-order valence-electron chi connectivity index (χ0n) is 51.4. The Bertz CT molecular complexity index is 3210. The molecule has 0 aliphatic carbocycles. The first-order valence-corrected chi connectivity index (χ1v) is 38.6. The molecule has 2 nitrogen and oxygen atoms in total. The van der Waals surface area contributed by atoms with Crippen molar-refractivity contribution >= 4 is 95.7 Å². The SMILES string of the molecule is CCC[SiH3].CCNCCC[SiH3].COCCC[SiH3].c1ccc([S+](c2ccccc2)c2cccc3ccccc23)cc1.c1ccc([S+](c2ccccc2)c2cccc3ccccc23)cc1.c1ccc([S+](c2ccccc2)c2cccc3ccccc23)cc1. The Morgan fingerprint density at radius 2 is 0.547 bits per heavy atom. The van der Waals surface area contributed by atoms with Gasteiger partial charge in [-0.05, 0) is 151 Å². The van der Waals surface area contributed by atoms with Gasteiger partial charge in [-0.3, -0.25) is 0 Å². The van der Waals surface area contributed by atoms with Crippen molar-refractivity contribution in [3.63, 3.8) is 0 Å². The highest BCUT2D eigenvalue weighted by Crippen LogP contribution is 2.38. The van der Waals surface area contributed by atoms with Crippen LogP contribution in [0.4, 0.5) is 0 Å². The van der Waals surface area contributed by atoms with Crippen LogP contribution in [0.1, 0.15) is 33.1 Å². The monoisotopic (exact) mass is 1230 g/mol. The second kappa shape index (κ2) is 39.0. The predicted octanol–water partition coefficient (Wildman–Crippen LogP) is 17.6. The summed E-state index contributed by atoms with van der Waals surface area (Å²) in [5.41, 5.74) is 0. The number of nitrogens with one attached hydrogen (secondary N) is 1. The standard InChI is InChI=1S/3C22H17S.C5H15NSi.C4H12OSi.C3H10Si/c3*1-3-12-19(13-4-1)23(20-14-5-2-6-15-20)22-17-9-11-18-10-7-8-16-21(18)22;1-2-6-4-3-5-7;1-5-3-2-4-6;1-2-3-4/h3*1-17H;6H,2-5H2,1,7H3;2-4H2,1,6H3;2-3H2,1,4H3/q3*+1;;;. The van der Waals surface area contributed by atoms with Gasteiger partial charge in [-0.15, -0.1) is 0 Å². The van der Waals surface area contributed by atoms with Crippen molar-refractivity contribution in [3.8, 4) is 0 Å². The van der Waals surface area contributed by atoms with Gasteiger partial charge < -0.3 is 10.1 Å². The Hall–Kier alpha value is -6.96. The summed E-state index contributed by atoms with van der Waals surface area (Å²) in [6.45, 7) is 7.66. The highest BCUT2D eigenvalue weighted by Gasteiger charge is 2.32. The van der Waals surface area contributed by atoms with Crippen LogP contribution < -0.4 is 5.32 Å². The first-order valence-electron chi connectivity index (χ1n) is 30.7. The van der Waals surface area contributed by atoms with Gasteiger partial charge in [0.1, 0.15) is 0 Å². The fourth-order valence-corrected chi connectivity index (χ4v) is 16.8. The third-order valence-electron chi connectivity index (χ3n) is 13.9. The van der Waals surface area contributed by atoms with Gasteiger partial charge in [-0.1, -0.05) is 239 Å². The van der Waals surface area contributed by atoms with E-state index >= 15 is 0 Å². The molecule has 0 bridgehead atoms. The molecule has 0 aliphatic rings. The fraction of sp³-hybridized carbons (Fsp3) is 0.154. The van der Waals surface area contributed by atoms with E-state index in [1.807, 2.05) is 0 Å². The minimum Gasteiger partial charge on any atom is -0.385 e. The molecule has 0 amide bonds. The van der Waals surface area contributed by atoms with Gasteiger partial charge in [0.05, 0.1) is 32.7 Å². The van der Waals surface area contributed by atoms with E-state index in [1.165, 1.54) is 151 Å². The molecule has 0 fully saturated rings. The first kappa shape index (κ1) is 66.6. The Morgan fingerprint density at radius 3 is 0.767 bits per heavy atom. The minimum atomic E-state index is -0.0892. The number of rotatable bonds is 17. The smallest absolute Gasteiger partial charge is 0.174 e. The van der Waals surface area contributed by atoms with Gasteiger partial charge >= 0.3 is 0 Å². The zero-order chi connectivity index (χ0) is 60.2. The van der Waals surface area contributed by atoms with E-state index in [2.05, 4.69) is 329 Å². The van der Waals surface area contributed by atoms with E-state index in [4.69, 9.17) is 4.74 Å². The Kier molecular flexibility index (Phi) is 30.2. The topological polar surface area (TPSA) is 21.3 Å². The van der Waals surface area contributed by atoms with E-state index in [-0.39, 0.29) is 32.7 Å². The molecule has 0 aromatic heterocycles. The van der Waals surface area contributed by atoms with Crippen molar-refractivity contribution in [2.45, 2.75) is 95.3 Å². The van der Waals surface area contributed by atoms with Crippen molar-refractivity contribution in [3.05, 3.63) is 309 Å². The number of hydrogen-bond donors (Lipinski definition) is 1. The summed E-state index contributed by atoms with van der Waals surface area (Å²) in [6.07, 6.45) is 4.01. The molecule has 1 N–H and O–H groups in total. The van der Waals surface area contributed by atoms with Gasteiger partial charge in [-0.25, -0.2) is 0 Å². The highest BCUT2D eigenvalue weighted by molar-refractivity contribution is 7.98. The second-order valence-corrected chi connectivity index (χ2v) is 29.3. The molecule has 0 unspecified atom stereocenters. The van der Waals surface area contributed by atoms with Crippen LogP contribution in [0.3, 0.4) is 0 Å². The van der Waals surface area contributed by atoms with Gasteiger partial charge in [0.25, 0.3) is 0 Å². The molecule has 8 heteroatoms. The molecule has 0 saturated carbocycles. The molecule has 86 heavy (non-hydrogen) atoms. The average molecular weight is 1240 g/mol. The fourth-order valence-electron chi connectivity index (χ4n) is 9.40. The summed E-state index contributed by atoms with van der Waals surface area (Å²) in [4.78, 5) is 12.3. The summed E-state index contributed by atoms with van der Waals surface area (Å²) in [7, 11) is 5.56. The largest absolute Gasteiger partial charge is 0.385 e. The number of ether oxygens (including phenoxy) is 1. The molecule has 0 radical (unpaired) electrons. The maximum Gasteiger partial charge on any atom is 0.174 e. The van der Waals surface area contributed by atoms with E-state index in [0.29, 0.717) is 0 Å². The van der Waals surface area contributed by atoms with Gasteiger partial charge in [0.15, 0.2) is 44.1 Å². The summed E-state index contributed by atoms with van der Waals surface area (Å²) in [5.74, 6) is 0. The van der Waals surface area contributed by atoms with Crippen molar-refractivity contribution in [2.24, 2.45) is 0 Å².